The largest absolute Gasteiger partial charge is 0.490 e. The van der Waals surface area contributed by atoms with Gasteiger partial charge < -0.3 is 14.8 Å². The monoisotopic (exact) mass is 562 g/mol. The standard InChI is InChI=1S/C25H27BrN2O4S2/c1-5-9-28-24(30)21(34-25(28)33)13-17-11-19(26)23(20(12-17)31-6-2)32-14-22(29)27-18-8-7-15(3)16(4)10-18/h7-8,10-13H,5-6,9,14H2,1-4H3,(H,27,29)/b21-13-. The highest BCUT2D eigenvalue weighted by Crippen LogP contribution is 2.39. The predicted octanol–water partition coefficient (Wildman–Crippen LogP) is 6.09. The first-order chi connectivity index (χ1) is 16.2. The molecule has 1 aliphatic heterocycles. The normalized spacial score (nSPS) is 14.6. The van der Waals surface area contributed by atoms with Crippen molar-refractivity contribution in [3.63, 3.8) is 0 Å². The number of amides is 2. The van der Waals surface area contributed by atoms with E-state index < -0.39 is 0 Å². The molecule has 2 aromatic carbocycles. The Kier molecular flexibility index (Phi) is 9.16. The SMILES string of the molecule is CCCN1C(=O)/C(=C/c2cc(Br)c(OCC(=O)Nc3ccc(C)c(C)c3)c(OCC)c2)SC1=S. The maximum atomic E-state index is 12.7. The maximum absolute atomic E-state index is 12.7. The second-order valence-corrected chi connectivity index (χ2v) is 10.3. The quantitative estimate of drug-likeness (QED) is 0.294. The number of nitrogens with zero attached hydrogens (tertiary/aromatic N) is 1. The number of hydrogen-bond donors (Lipinski definition) is 1. The van der Waals surface area contributed by atoms with Crippen molar-refractivity contribution in [1.29, 1.82) is 0 Å². The second-order valence-electron chi connectivity index (χ2n) is 7.73. The van der Waals surface area contributed by atoms with Gasteiger partial charge in [-0.25, -0.2) is 0 Å². The molecule has 6 nitrogen and oxygen atoms in total. The number of thioether (sulfide) groups is 1. The van der Waals surface area contributed by atoms with E-state index in [9.17, 15) is 9.59 Å². The molecule has 2 aromatic rings. The van der Waals surface area contributed by atoms with Gasteiger partial charge in [0.15, 0.2) is 18.1 Å². The number of hydrogen-bond acceptors (Lipinski definition) is 6. The van der Waals surface area contributed by atoms with Crippen LogP contribution in [0.2, 0.25) is 0 Å². The Morgan fingerprint density at radius 2 is 1.94 bits per heavy atom. The van der Waals surface area contributed by atoms with Gasteiger partial charge in [0.05, 0.1) is 16.0 Å². The maximum Gasteiger partial charge on any atom is 0.266 e. The molecule has 1 fully saturated rings. The third kappa shape index (κ3) is 6.40. The molecule has 0 aliphatic carbocycles. The minimum absolute atomic E-state index is 0.0886. The Morgan fingerprint density at radius 1 is 1.18 bits per heavy atom. The van der Waals surface area contributed by atoms with Crippen LogP contribution in [0, 0.1) is 13.8 Å². The zero-order chi connectivity index (χ0) is 24.8. The molecular formula is C25H27BrN2O4S2. The van der Waals surface area contributed by atoms with Crippen molar-refractivity contribution >= 4 is 67.8 Å². The van der Waals surface area contributed by atoms with Crippen LogP contribution in [0.15, 0.2) is 39.7 Å². The highest BCUT2D eigenvalue weighted by Gasteiger charge is 2.31. The average Bonchev–Trinajstić information content (AvgIpc) is 3.03. The van der Waals surface area contributed by atoms with Gasteiger partial charge in [-0.2, -0.15) is 0 Å². The van der Waals surface area contributed by atoms with Crippen molar-refractivity contribution in [3.8, 4) is 11.5 Å². The third-order valence-corrected chi connectivity index (χ3v) is 7.06. The Hall–Kier alpha value is -2.36. The summed E-state index contributed by atoms with van der Waals surface area (Å²) in [5.41, 5.74) is 3.74. The van der Waals surface area contributed by atoms with Gasteiger partial charge in [0, 0.05) is 12.2 Å². The van der Waals surface area contributed by atoms with Gasteiger partial charge in [0.25, 0.3) is 11.8 Å². The minimum atomic E-state index is -0.277. The molecule has 1 saturated heterocycles. The number of ether oxygens (including phenoxy) is 2. The summed E-state index contributed by atoms with van der Waals surface area (Å²) in [5.74, 6) is 0.537. The van der Waals surface area contributed by atoms with Crippen molar-refractivity contribution < 1.29 is 19.1 Å². The van der Waals surface area contributed by atoms with Gasteiger partial charge in [-0.15, -0.1) is 0 Å². The van der Waals surface area contributed by atoms with Gasteiger partial charge in [0.2, 0.25) is 0 Å². The molecule has 180 valence electrons. The first kappa shape index (κ1) is 26.2. The summed E-state index contributed by atoms with van der Waals surface area (Å²) in [6.07, 6.45) is 2.63. The highest BCUT2D eigenvalue weighted by atomic mass is 79.9. The lowest BCUT2D eigenvalue weighted by molar-refractivity contribution is -0.122. The molecular weight excluding hydrogens is 536 g/mol. The number of benzene rings is 2. The number of aryl methyl sites for hydroxylation is 2. The van der Waals surface area contributed by atoms with Crippen LogP contribution in [0.5, 0.6) is 11.5 Å². The van der Waals surface area contributed by atoms with Crippen LogP contribution < -0.4 is 14.8 Å². The number of carbonyl (C=O) groups is 2. The van der Waals surface area contributed by atoms with E-state index in [1.165, 1.54) is 11.8 Å². The van der Waals surface area contributed by atoms with Crippen LogP contribution in [0.25, 0.3) is 6.08 Å². The van der Waals surface area contributed by atoms with Gasteiger partial charge in [-0.3, -0.25) is 14.5 Å². The summed E-state index contributed by atoms with van der Waals surface area (Å²) in [5, 5.41) is 2.85. The van der Waals surface area contributed by atoms with E-state index in [-0.39, 0.29) is 18.4 Å². The van der Waals surface area contributed by atoms with Crippen molar-refractivity contribution in [1.82, 2.24) is 4.90 Å². The molecule has 0 saturated carbocycles. The Labute approximate surface area is 218 Å². The summed E-state index contributed by atoms with van der Waals surface area (Å²) < 4.78 is 12.8. The molecule has 1 N–H and O–H groups in total. The van der Waals surface area contributed by atoms with Crippen LogP contribution in [-0.2, 0) is 9.59 Å². The lowest BCUT2D eigenvalue weighted by Crippen LogP contribution is -2.28. The summed E-state index contributed by atoms with van der Waals surface area (Å²) in [6.45, 7) is 8.73. The fourth-order valence-corrected chi connectivity index (χ4v) is 5.18. The number of rotatable bonds is 9. The molecule has 0 spiro atoms. The number of nitrogens with one attached hydrogen (secondary N) is 1. The van der Waals surface area contributed by atoms with E-state index in [4.69, 9.17) is 21.7 Å². The first-order valence-electron chi connectivity index (χ1n) is 10.9. The van der Waals surface area contributed by atoms with Crippen molar-refractivity contribution in [3.05, 3.63) is 56.4 Å². The zero-order valence-electron chi connectivity index (χ0n) is 19.6. The van der Waals surface area contributed by atoms with Gasteiger partial charge in [-0.1, -0.05) is 37.0 Å². The molecule has 34 heavy (non-hydrogen) atoms. The van der Waals surface area contributed by atoms with Crippen LogP contribution >= 0.6 is 39.9 Å². The van der Waals surface area contributed by atoms with E-state index in [1.54, 1.807) is 17.0 Å². The lowest BCUT2D eigenvalue weighted by atomic mass is 10.1. The molecule has 2 amide bonds. The molecule has 0 aromatic heterocycles. The zero-order valence-corrected chi connectivity index (χ0v) is 22.8. The number of anilines is 1. The Bertz CT molecular complexity index is 1150. The summed E-state index contributed by atoms with van der Waals surface area (Å²) in [4.78, 5) is 27.3. The first-order valence-corrected chi connectivity index (χ1v) is 13.0. The van der Waals surface area contributed by atoms with Gasteiger partial charge in [-0.05, 0) is 90.2 Å². The molecule has 3 rings (SSSR count). The third-order valence-electron chi connectivity index (χ3n) is 5.09. The van der Waals surface area contributed by atoms with Gasteiger partial charge in [0.1, 0.15) is 4.32 Å². The molecule has 1 aliphatic rings. The van der Waals surface area contributed by atoms with Crippen LogP contribution in [0.4, 0.5) is 5.69 Å². The molecule has 0 unspecified atom stereocenters. The Morgan fingerprint density at radius 3 is 2.62 bits per heavy atom. The molecule has 1 heterocycles. The summed E-state index contributed by atoms with van der Waals surface area (Å²) in [6, 6.07) is 9.36. The molecule has 0 atom stereocenters. The van der Waals surface area contributed by atoms with Crippen molar-refractivity contribution in [2.75, 3.05) is 25.1 Å². The predicted molar refractivity (Wildman–Crippen MR) is 146 cm³/mol. The Balaban J connectivity index is 1.76. The number of carbonyl (C=O) groups excluding carboxylic acids is 2. The average molecular weight is 564 g/mol. The van der Waals surface area contributed by atoms with Crippen LogP contribution in [0.3, 0.4) is 0 Å². The molecule has 9 heteroatoms. The summed E-state index contributed by atoms with van der Waals surface area (Å²) >= 11 is 10.2. The fourth-order valence-electron chi connectivity index (χ4n) is 3.30. The van der Waals surface area contributed by atoms with Crippen molar-refractivity contribution in [2.45, 2.75) is 34.1 Å². The highest BCUT2D eigenvalue weighted by molar-refractivity contribution is 9.10. The fraction of sp³-hybridized carbons (Fsp3) is 0.320. The minimum Gasteiger partial charge on any atom is -0.490 e. The van der Waals surface area contributed by atoms with E-state index in [0.717, 1.165) is 28.8 Å². The van der Waals surface area contributed by atoms with Gasteiger partial charge >= 0.3 is 0 Å². The second kappa shape index (κ2) is 11.9. The number of halogens is 1. The topological polar surface area (TPSA) is 67.9 Å². The van der Waals surface area contributed by atoms with Crippen LogP contribution in [0.1, 0.15) is 37.0 Å². The van der Waals surface area contributed by atoms with E-state index in [2.05, 4.69) is 21.2 Å². The van der Waals surface area contributed by atoms with Crippen LogP contribution in [-0.4, -0.2) is 40.8 Å². The lowest BCUT2D eigenvalue weighted by Gasteiger charge is -2.15. The molecule has 0 radical (unpaired) electrons. The van der Waals surface area contributed by atoms with E-state index >= 15 is 0 Å². The summed E-state index contributed by atoms with van der Waals surface area (Å²) in [7, 11) is 0. The van der Waals surface area contributed by atoms with Crippen molar-refractivity contribution in [2.24, 2.45) is 0 Å². The van der Waals surface area contributed by atoms with E-state index in [1.807, 2.05) is 52.0 Å². The number of thiocarbonyl (C=S) groups is 1. The smallest absolute Gasteiger partial charge is 0.266 e. The van der Waals surface area contributed by atoms with E-state index in [0.29, 0.717) is 38.3 Å². The molecule has 0 bridgehead atoms.